The maximum Gasteiger partial charge on any atom is 0.231 e. The molecule has 3 fully saturated rings. The number of hydrogen-bond donors (Lipinski definition) is 1. The molecule has 2 saturated heterocycles. The lowest BCUT2D eigenvalue weighted by molar-refractivity contribution is -0.153. The number of sulfonamides is 1. The van der Waals surface area contributed by atoms with E-state index in [1.807, 2.05) is 6.92 Å². The first-order valence-corrected chi connectivity index (χ1v) is 14.3. The Kier molecular flexibility index (Phi) is 7.21. The van der Waals surface area contributed by atoms with Crippen LogP contribution in [0.4, 0.5) is 4.39 Å². The first kappa shape index (κ1) is 26.6. The van der Waals surface area contributed by atoms with Gasteiger partial charge in [-0.1, -0.05) is 43.0 Å². The second-order valence-electron chi connectivity index (χ2n) is 10.9. The predicted molar refractivity (Wildman–Crippen MR) is 133 cm³/mol. The van der Waals surface area contributed by atoms with Gasteiger partial charge in [0.1, 0.15) is 5.82 Å². The number of β-lactam (4-membered cyclic amide) rings is 1. The van der Waals surface area contributed by atoms with Crippen molar-refractivity contribution in [3.8, 4) is 0 Å². The summed E-state index contributed by atoms with van der Waals surface area (Å²) in [6.07, 6.45) is 3.87. The van der Waals surface area contributed by atoms with Gasteiger partial charge in [-0.15, -0.1) is 0 Å². The molecule has 4 rings (SSSR count). The molecule has 0 spiro atoms. The Bertz CT molecular complexity index is 1140. The van der Waals surface area contributed by atoms with Crippen LogP contribution in [-0.2, 0) is 19.6 Å². The number of likely N-dealkylation sites (tertiary alicyclic amines) is 1. The number of hydrogen-bond acceptors (Lipinski definition) is 4. The van der Waals surface area contributed by atoms with E-state index in [2.05, 4.69) is 5.32 Å². The van der Waals surface area contributed by atoms with Crippen molar-refractivity contribution in [3.05, 3.63) is 33.6 Å². The lowest BCUT2D eigenvalue weighted by atomic mass is 9.76. The second-order valence-corrected chi connectivity index (χ2v) is 13.6. The van der Waals surface area contributed by atoms with E-state index in [0.717, 1.165) is 25.7 Å². The summed E-state index contributed by atoms with van der Waals surface area (Å²) in [6.45, 7) is 4.29. The minimum atomic E-state index is -3.72. The standard InChI is InChI=1S/C24H32Cl2FN3O4S/c1-23(9-4-5-10-23)20(18-17(27)7-6-16(25)19(18)26)28-21(31)15-8-11-30(12-15)35(33,34)14-24(2)13-29(3)22(24)32/h6-7,15,20H,4-5,8-14H2,1-3H3,(H,28,31)/t15-,20+,24?/m0/s1. The van der Waals surface area contributed by atoms with Crippen molar-refractivity contribution >= 4 is 45.0 Å². The summed E-state index contributed by atoms with van der Waals surface area (Å²) in [5.74, 6) is -1.91. The Hall–Kier alpha value is -1.42. The second kappa shape index (κ2) is 9.47. The van der Waals surface area contributed by atoms with Gasteiger partial charge in [-0.2, -0.15) is 0 Å². The summed E-state index contributed by atoms with van der Waals surface area (Å²) in [6, 6.07) is 1.96. The number of amides is 2. The van der Waals surface area contributed by atoms with Crippen LogP contribution in [0.1, 0.15) is 57.6 Å². The van der Waals surface area contributed by atoms with Crippen LogP contribution in [0.15, 0.2) is 12.1 Å². The Morgan fingerprint density at radius 1 is 1.26 bits per heavy atom. The Morgan fingerprint density at radius 3 is 2.51 bits per heavy atom. The third-order valence-corrected chi connectivity index (χ3v) is 10.9. The number of benzene rings is 1. The van der Waals surface area contributed by atoms with Crippen molar-refractivity contribution in [2.75, 3.05) is 32.4 Å². The number of carbonyl (C=O) groups excluding carboxylic acids is 2. The fourth-order valence-electron chi connectivity index (χ4n) is 5.96. The molecule has 2 heterocycles. The molecule has 3 aliphatic rings. The molecule has 35 heavy (non-hydrogen) atoms. The average molecular weight is 549 g/mol. The van der Waals surface area contributed by atoms with Crippen LogP contribution in [0.3, 0.4) is 0 Å². The van der Waals surface area contributed by atoms with Gasteiger partial charge in [0.2, 0.25) is 21.8 Å². The summed E-state index contributed by atoms with van der Waals surface area (Å²) in [7, 11) is -2.08. The molecule has 1 unspecified atom stereocenters. The monoisotopic (exact) mass is 547 g/mol. The first-order valence-electron chi connectivity index (χ1n) is 11.9. The largest absolute Gasteiger partial charge is 0.348 e. The van der Waals surface area contributed by atoms with Gasteiger partial charge in [0, 0.05) is 32.2 Å². The molecular weight excluding hydrogens is 516 g/mol. The molecule has 194 valence electrons. The molecule has 1 N–H and O–H groups in total. The third kappa shape index (κ3) is 4.93. The summed E-state index contributed by atoms with van der Waals surface area (Å²) in [4.78, 5) is 27.0. The van der Waals surface area contributed by atoms with Crippen molar-refractivity contribution < 1.29 is 22.4 Å². The third-order valence-electron chi connectivity index (χ3n) is 7.96. The normalized spacial score (nSPS) is 27.7. The summed E-state index contributed by atoms with van der Waals surface area (Å²) in [5, 5.41) is 3.32. The van der Waals surface area contributed by atoms with Gasteiger partial charge in [-0.25, -0.2) is 17.1 Å². The molecule has 1 aromatic carbocycles. The Morgan fingerprint density at radius 2 is 1.91 bits per heavy atom. The van der Waals surface area contributed by atoms with Crippen LogP contribution in [0.2, 0.25) is 10.0 Å². The minimum Gasteiger partial charge on any atom is -0.348 e. The molecule has 3 atom stereocenters. The van der Waals surface area contributed by atoms with Crippen LogP contribution < -0.4 is 5.32 Å². The van der Waals surface area contributed by atoms with E-state index in [1.165, 1.54) is 21.3 Å². The van der Waals surface area contributed by atoms with E-state index < -0.39 is 38.6 Å². The van der Waals surface area contributed by atoms with Gasteiger partial charge in [-0.05, 0) is 43.7 Å². The fraction of sp³-hybridized carbons (Fsp3) is 0.667. The van der Waals surface area contributed by atoms with E-state index in [1.54, 1.807) is 14.0 Å². The summed E-state index contributed by atoms with van der Waals surface area (Å²) >= 11 is 12.6. The summed E-state index contributed by atoms with van der Waals surface area (Å²) in [5.41, 5.74) is -1.16. The van der Waals surface area contributed by atoms with Gasteiger partial charge in [0.15, 0.2) is 0 Å². The van der Waals surface area contributed by atoms with Crippen LogP contribution in [0, 0.1) is 22.6 Å². The van der Waals surface area contributed by atoms with E-state index >= 15 is 0 Å². The molecule has 1 saturated carbocycles. The number of nitrogens with zero attached hydrogens (tertiary/aromatic N) is 2. The molecular formula is C24H32Cl2FN3O4S. The molecule has 1 aromatic rings. The maximum atomic E-state index is 15.0. The molecule has 0 aromatic heterocycles. The lowest BCUT2D eigenvalue weighted by Crippen LogP contribution is -2.61. The van der Waals surface area contributed by atoms with Crippen molar-refractivity contribution in [2.45, 2.75) is 52.0 Å². The molecule has 2 amide bonds. The van der Waals surface area contributed by atoms with Crippen LogP contribution in [-0.4, -0.2) is 61.9 Å². The van der Waals surface area contributed by atoms with Crippen molar-refractivity contribution in [1.29, 1.82) is 0 Å². The Labute approximate surface area is 216 Å². The van der Waals surface area contributed by atoms with E-state index in [4.69, 9.17) is 23.2 Å². The minimum absolute atomic E-state index is 0.0312. The zero-order valence-electron chi connectivity index (χ0n) is 20.2. The smallest absolute Gasteiger partial charge is 0.231 e. The summed E-state index contributed by atoms with van der Waals surface area (Å²) < 4.78 is 42.4. The molecule has 7 nitrogen and oxygen atoms in total. The molecule has 0 radical (unpaired) electrons. The number of halogens is 3. The Balaban J connectivity index is 1.51. The zero-order chi connectivity index (χ0) is 25.8. The fourth-order valence-corrected chi connectivity index (χ4v) is 8.38. The van der Waals surface area contributed by atoms with Crippen LogP contribution in [0.25, 0.3) is 0 Å². The first-order chi connectivity index (χ1) is 16.3. The van der Waals surface area contributed by atoms with Crippen molar-refractivity contribution in [3.63, 3.8) is 0 Å². The van der Waals surface area contributed by atoms with Gasteiger partial charge < -0.3 is 10.2 Å². The molecule has 0 bridgehead atoms. The average Bonchev–Trinajstić information content (AvgIpc) is 3.46. The van der Waals surface area contributed by atoms with E-state index in [9.17, 15) is 22.4 Å². The predicted octanol–water partition coefficient (Wildman–Crippen LogP) is 4.00. The highest BCUT2D eigenvalue weighted by Gasteiger charge is 2.51. The van der Waals surface area contributed by atoms with Crippen LogP contribution in [0.5, 0.6) is 0 Å². The highest BCUT2D eigenvalue weighted by Crippen LogP contribution is 2.50. The quantitative estimate of drug-likeness (QED) is 0.412. The highest BCUT2D eigenvalue weighted by molar-refractivity contribution is 7.89. The molecule has 11 heteroatoms. The van der Waals surface area contributed by atoms with Gasteiger partial charge in [0.05, 0.1) is 33.2 Å². The topological polar surface area (TPSA) is 86.8 Å². The lowest BCUT2D eigenvalue weighted by Gasteiger charge is -2.44. The SMILES string of the molecule is CN1CC(C)(CS(=O)(=O)N2CC[C@H](C(=O)N[C@H](c3c(F)ccc(Cl)c3Cl)C3(C)CCCC3)C2)C1=O. The highest BCUT2D eigenvalue weighted by atomic mass is 35.5. The zero-order valence-corrected chi connectivity index (χ0v) is 22.6. The van der Waals surface area contributed by atoms with Crippen LogP contribution >= 0.6 is 23.2 Å². The number of carbonyl (C=O) groups is 2. The van der Waals surface area contributed by atoms with E-state index in [-0.39, 0.29) is 46.3 Å². The van der Waals surface area contributed by atoms with Gasteiger partial charge >= 0.3 is 0 Å². The number of nitrogens with one attached hydrogen (secondary N) is 1. The van der Waals surface area contributed by atoms with Crippen molar-refractivity contribution in [1.82, 2.24) is 14.5 Å². The van der Waals surface area contributed by atoms with Crippen molar-refractivity contribution in [2.24, 2.45) is 16.7 Å². The maximum absolute atomic E-state index is 15.0. The number of rotatable bonds is 7. The molecule has 1 aliphatic carbocycles. The van der Waals surface area contributed by atoms with E-state index in [0.29, 0.717) is 13.0 Å². The molecule has 2 aliphatic heterocycles. The van der Waals surface area contributed by atoms with Gasteiger partial charge in [-0.3, -0.25) is 9.59 Å². The van der Waals surface area contributed by atoms with Gasteiger partial charge in [0.25, 0.3) is 0 Å².